The van der Waals surface area contributed by atoms with Gasteiger partial charge in [0.1, 0.15) is 5.54 Å². The fraction of sp³-hybridized carbons (Fsp3) is 0.533. The van der Waals surface area contributed by atoms with Crippen LogP contribution in [-0.2, 0) is 21.5 Å². The molecule has 1 fully saturated rings. The summed E-state index contributed by atoms with van der Waals surface area (Å²) in [5, 5.41) is 9.87. The minimum absolute atomic E-state index is 0.621. The standard InChI is InChI=1S/C15H19NO3/c1-11-2-3-12-4-5-15(14(17)18,13(12)10-11)16-6-8-19-9-7-16/h2-3,10H,4-9H2,1H3,(H,17,18). The summed E-state index contributed by atoms with van der Waals surface area (Å²) in [7, 11) is 0. The van der Waals surface area contributed by atoms with E-state index in [1.165, 1.54) is 5.56 Å². The van der Waals surface area contributed by atoms with Crippen LogP contribution in [0.25, 0.3) is 0 Å². The molecule has 1 atom stereocenters. The predicted molar refractivity (Wildman–Crippen MR) is 71.2 cm³/mol. The van der Waals surface area contributed by atoms with Crippen molar-refractivity contribution in [2.45, 2.75) is 25.3 Å². The van der Waals surface area contributed by atoms with Crippen molar-refractivity contribution in [3.63, 3.8) is 0 Å². The molecule has 1 unspecified atom stereocenters. The third-order valence-corrected chi connectivity index (χ3v) is 4.37. The van der Waals surface area contributed by atoms with Gasteiger partial charge in [-0.3, -0.25) is 4.90 Å². The third-order valence-electron chi connectivity index (χ3n) is 4.37. The van der Waals surface area contributed by atoms with Crippen molar-refractivity contribution < 1.29 is 14.6 Å². The number of carbonyl (C=O) groups is 1. The van der Waals surface area contributed by atoms with Gasteiger partial charge in [0.15, 0.2) is 0 Å². The molecular formula is C15H19NO3. The van der Waals surface area contributed by atoms with Crippen LogP contribution in [0.4, 0.5) is 0 Å². The van der Waals surface area contributed by atoms with Crippen molar-refractivity contribution in [3.8, 4) is 0 Å². The first kappa shape index (κ1) is 12.6. The van der Waals surface area contributed by atoms with Crippen LogP contribution in [0.15, 0.2) is 18.2 Å². The molecule has 0 saturated carbocycles. The van der Waals surface area contributed by atoms with Gasteiger partial charge in [0.25, 0.3) is 0 Å². The number of hydrogen-bond acceptors (Lipinski definition) is 3. The average molecular weight is 261 g/mol. The zero-order valence-electron chi connectivity index (χ0n) is 11.2. The molecule has 1 aliphatic carbocycles. The van der Waals surface area contributed by atoms with E-state index in [4.69, 9.17) is 4.74 Å². The van der Waals surface area contributed by atoms with Crippen molar-refractivity contribution in [1.29, 1.82) is 0 Å². The molecule has 1 aromatic rings. The largest absolute Gasteiger partial charge is 0.480 e. The number of ether oxygens (including phenoxy) is 1. The molecule has 102 valence electrons. The van der Waals surface area contributed by atoms with Crippen LogP contribution < -0.4 is 0 Å². The molecule has 1 aliphatic heterocycles. The van der Waals surface area contributed by atoms with Crippen LogP contribution in [0, 0.1) is 6.92 Å². The lowest BCUT2D eigenvalue weighted by Crippen LogP contribution is -2.54. The molecule has 4 heteroatoms. The van der Waals surface area contributed by atoms with E-state index >= 15 is 0 Å². The van der Waals surface area contributed by atoms with E-state index in [-0.39, 0.29) is 0 Å². The van der Waals surface area contributed by atoms with E-state index in [9.17, 15) is 9.90 Å². The summed E-state index contributed by atoms with van der Waals surface area (Å²) in [5.74, 6) is -0.723. The van der Waals surface area contributed by atoms with Gasteiger partial charge < -0.3 is 9.84 Å². The number of rotatable bonds is 2. The molecule has 0 amide bonds. The van der Waals surface area contributed by atoms with Gasteiger partial charge in [0, 0.05) is 13.1 Å². The number of aryl methyl sites for hydroxylation is 2. The van der Waals surface area contributed by atoms with E-state index in [1.54, 1.807) is 0 Å². The van der Waals surface area contributed by atoms with Crippen LogP contribution in [0.1, 0.15) is 23.1 Å². The van der Waals surface area contributed by atoms with Crippen molar-refractivity contribution in [2.75, 3.05) is 26.3 Å². The lowest BCUT2D eigenvalue weighted by atomic mass is 9.88. The Bertz CT molecular complexity index is 508. The number of carboxylic acids is 1. The molecule has 3 rings (SSSR count). The van der Waals surface area contributed by atoms with Gasteiger partial charge in [-0.1, -0.05) is 23.8 Å². The first-order valence-electron chi connectivity index (χ1n) is 6.81. The summed E-state index contributed by atoms with van der Waals surface area (Å²) in [6, 6.07) is 6.19. The second kappa shape index (κ2) is 4.62. The van der Waals surface area contributed by atoms with Crippen molar-refractivity contribution in [2.24, 2.45) is 0 Å². The zero-order valence-corrected chi connectivity index (χ0v) is 11.2. The maximum atomic E-state index is 12.0. The lowest BCUT2D eigenvalue weighted by molar-refractivity contribution is -0.156. The number of hydrogen-bond donors (Lipinski definition) is 1. The van der Waals surface area contributed by atoms with E-state index in [0.29, 0.717) is 32.7 Å². The highest BCUT2D eigenvalue weighted by Crippen LogP contribution is 2.42. The second-order valence-electron chi connectivity index (χ2n) is 5.43. The molecule has 0 radical (unpaired) electrons. The molecule has 1 heterocycles. The molecule has 2 aliphatic rings. The highest BCUT2D eigenvalue weighted by molar-refractivity contribution is 5.82. The highest BCUT2D eigenvalue weighted by Gasteiger charge is 2.50. The second-order valence-corrected chi connectivity index (χ2v) is 5.43. The Labute approximate surface area is 113 Å². The SMILES string of the molecule is Cc1ccc2c(c1)C(C(=O)O)(N1CCOCC1)CC2. The quantitative estimate of drug-likeness (QED) is 0.877. The third kappa shape index (κ3) is 1.86. The molecule has 0 bridgehead atoms. The van der Waals surface area contributed by atoms with Crippen LogP contribution in [0.5, 0.6) is 0 Å². The summed E-state index contributed by atoms with van der Waals surface area (Å²) in [5.41, 5.74) is 2.45. The van der Waals surface area contributed by atoms with Gasteiger partial charge in [-0.25, -0.2) is 4.79 Å². The molecule has 1 saturated heterocycles. The number of benzene rings is 1. The van der Waals surface area contributed by atoms with Gasteiger partial charge in [0.05, 0.1) is 13.2 Å². The predicted octanol–water partition coefficient (Wildman–Crippen LogP) is 1.55. The number of aliphatic carboxylic acids is 1. The number of morpholine rings is 1. The van der Waals surface area contributed by atoms with E-state index in [0.717, 1.165) is 17.5 Å². The fourth-order valence-corrected chi connectivity index (χ4v) is 3.37. The smallest absolute Gasteiger partial charge is 0.328 e. The van der Waals surface area contributed by atoms with Gasteiger partial charge in [0.2, 0.25) is 0 Å². The monoisotopic (exact) mass is 261 g/mol. The van der Waals surface area contributed by atoms with Gasteiger partial charge >= 0.3 is 5.97 Å². The Morgan fingerprint density at radius 1 is 1.37 bits per heavy atom. The van der Waals surface area contributed by atoms with Crippen LogP contribution in [-0.4, -0.2) is 42.3 Å². The maximum absolute atomic E-state index is 12.0. The summed E-state index contributed by atoms with van der Waals surface area (Å²) in [6.45, 7) is 4.65. The normalized spacial score (nSPS) is 27.2. The highest BCUT2D eigenvalue weighted by atomic mass is 16.5. The average Bonchev–Trinajstić information content (AvgIpc) is 2.79. The minimum Gasteiger partial charge on any atom is -0.480 e. The Balaban J connectivity index is 2.08. The van der Waals surface area contributed by atoms with Crippen molar-refractivity contribution >= 4 is 5.97 Å². The van der Waals surface area contributed by atoms with Crippen LogP contribution >= 0.6 is 0 Å². The van der Waals surface area contributed by atoms with Crippen molar-refractivity contribution in [3.05, 3.63) is 34.9 Å². The minimum atomic E-state index is -0.842. The molecule has 1 aromatic carbocycles. The number of fused-ring (bicyclic) bond motifs is 1. The van der Waals surface area contributed by atoms with Gasteiger partial charge in [-0.2, -0.15) is 0 Å². The summed E-state index contributed by atoms with van der Waals surface area (Å²) >= 11 is 0. The van der Waals surface area contributed by atoms with Crippen molar-refractivity contribution in [1.82, 2.24) is 4.90 Å². The first-order chi connectivity index (χ1) is 9.14. The summed E-state index contributed by atoms with van der Waals surface area (Å²) in [6.07, 6.45) is 1.51. The Morgan fingerprint density at radius 2 is 2.11 bits per heavy atom. The van der Waals surface area contributed by atoms with Crippen LogP contribution in [0.2, 0.25) is 0 Å². The Kier molecular flexibility index (Phi) is 3.07. The van der Waals surface area contributed by atoms with E-state index < -0.39 is 11.5 Å². The number of carboxylic acid groups (broad SMARTS) is 1. The zero-order chi connectivity index (χ0) is 13.5. The molecule has 1 N–H and O–H groups in total. The Hall–Kier alpha value is -1.39. The molecule has 0 spiro atoms. The van der Waals surface area contributed by atoms with Gasteiger partial charge in [-0.15, -0.1) is 0 Å². The molecule has 0 aromatic heterocycles. The summed E-state index contributed by atoms with van der Waals surface area (Å²) in [4.78, 5) is 14.1. The van der Waals surface area contributed by atoms with Gasteiger partial charge in [-0.05, 0) is 30.9 Å². The molecular weight excluding hydrogens is 242 g/mol. The Morgan fingerprint density at radius 3 is 2.79 bits per heavy atom. The van der Waals surface area contributed by atoms with E-state index in [2.05, 4.69) is 17.0 Å². The first-order valence-corrected chi connectivity index (χ1v) is 6.81. The molecule has 4 nitrogen and oxygen atoms in total. The van der Waals surface area contributed by atoms with Crippen LogP contribution in [0.3, 0.4) is 0 Å². The van der Waals surface area contributed by atoms with E-state index in [1.807, 2.05) is 13.0 Å². The molecule has 19 heavy (non-hydrogen) atoms. The summed E-state index contributed by atoms with van der Waals surface area (Å²) < 4.78 is 5.36. The fourth-order valence-electron chi connectivity index (χ4n) is 3.37. The topological polar surface area (TPSA) is 49.8 Å². The lowest BCUT2D eigenvalue weighted by Gasteiger charge is -2.40. The maximum Gasteiger partial charge on any atom is 0.328 e. The number of nitrogens with zero attached hydrogens (tertiary/aromatic N) is 1.